The van der Waals surface area contributed by atoms with E-state index in [-0.39, 0.29) is 17.8 Å². The molecular formula is C24H29N5O3. The number of hydrogen-bond acceptors (Lipinski definition) is 6. The fourth-order valence-electron chi connectivity index (χ4n) is 4.45. The van der Waals surface area contributed by atoms with Crippen molar-refractivity contribution >= 4 is 17.8 Å². The van der Waals surface area contributed by atoms with Crippen LogP contribution in [0.25, 0.3) is 11.1 Å². The number of pyridine rings is 1. The highest BCUT2D eigenvalue weighted by atomic mass is 16.5. The number of benzene rings is 1. The van der Waals surface area contributed by atoms with Gasteiger partial charge in [0.2, 0.25) is 5.91 Å². The normalized spacial score (nSPS) is 21.6. The molecule has 1 aromatic carbocycles. The topological polar surface area (TPSA) is 101 Å². The first-order chi connectivity index (χ1) is 15.3. The summed E-state index contributed by atoms with van der Waals surface area (Å²) in [6.45, 7) is 5.36. The second-order valence-electron chi connectivity index (χ2n) is 8.60. The lowest BCUT2D eigenvalue weighted by molar-refractivity contribution is -0.133. The van der Waals surface area contributed by atoms with Crippen molar-refractivity contribution in [2.45, 2.75) is 32.2 Å². The Morgan fingerprint density at radius 2 is 1.97 bits per heavy atom. The van der Waals surface area contributed by atoms with Crippen LogP contribution in [-0.2, 0) is 15.1 Å². The molecule has 1 unspecified atom stereocenters. The highest BCUT2D eigenvalue weighted by Crippen LogP contribution is 2.36. The average molecular weight is 436 g/mol. The van der Waals surface area contributed by atoms with E-state index in [4.69, 9.17) is 10.5 Å². The minimum absolute atomic E-state index is 0.0977. The van der Waals surface area contributed by atoms with Gasteiger partial charge in [0, 0.05) is 38.3 Å². The van der Waals surface area contributed by atoms with Gasteiger partial charge in [-0.05, 0) is 48.9 Å². The van der Waals surface area contributed by atoms with Crippen LogP contribution in [0.2, 0.25) is 0 Å². The first-order valence-corrected chi connectivity index (χ1v) is 10.8. The van der Waals surface area contributed by atoms with E-state index in [1.165, 1.54) is 0 Å². The van der Waals surface area contributed by atoms with Gasteiger partial charge in [0.25, 0.3) is 5.91 Å². The van der Waals surface area contributed by atoms with Gasteiger partial charge in [0.15, 0.2) is 11.5 Å². The van der Waals surface area contributed by atoms with Crippen LogP contribution in [-0.4, -0.2) is 59.3 Å². The van der Waals surface area contributed by atoms with E-state index < -0.39 is 5.54 Å². The Labute approximate surface area is 188 Å². The van der Waals surface area contributed by atoms with Crippen LogP contribution in [0.4, 0.5) is 0 Å². The van der Waals surface area contributed by atoms with Crippen molar-refractivity contribution in [1.82, 2.24) is 14.8 Å². The molecule has 4 rings (SSSR count). The van der Waals surface area contributed by atoms with Gasteiger partial charge in [0.1, 0.15) is 5.75 Å². The van der Waals surface area contributed by atoms with E-state index in [2.05, 4.69) is 9.98 Å². The van der Waals surface area contributed by atoms with Crippen molar-refractivity contribution in [1.29, 1.82) is 0 Å². The lowest BCUT2D eigenvalue weighted by atomic mass is 9.89. The molecule has 8 nitrogen and oxygen atoms in total. The Hall–Kier alpha value is -3.42. The van der Waals surface area contributed by atoms with Crippen LogP contribution in [0, 0.1) is 5.92 Å². The van der Waals surface area contributed by atoms with E-state index in [1.54, 1.807) is 31.3 Å². The zero-order valence-electron chi connectivity index (χ0n) is 18.7. The van der Waals surface area contributed by atoms with Gasteiger partial charge in [-0.15, -0.1) is 0 Å². The molecule has 1 saturated heterocycles. The molecule has 0 bridgehead atoms. The van der Waals surface area contributed by atoms with Crippen molar-refractivity contribution in [3.8, 4) is 16.9 Å². The molecule has 2 amide bonds. The van der Waals surface area contributed by atoms with Gasteiger partial charge < -0.3 is 15.4 Å². The monoisotopic (exact) mass is 435 g/mol. The summed E-state index contributed by atoms with van der Waals surface area (Å²) in [4.78, 5) is 37.3. The third kappa shape index (κ3) is 4.04. The number of ether oxygens (including phenoxy) is 1. The standard InChI is InChI=1S/C24H29N5O3/c1-16(30)28-9-7-17(8-10-28)15-29-22(31)24(2,27-23(29)25)20-6-4-5-18(11-20)19-12-21(32-3)14-26-13-19/h4-6,11-14,17H,7-10,15H2,1-3H3,(H2,25,27). The first kappa shape index (κ1) is 21.8. The number of rotatable bonds is 5. The highest BCUT2D eigenvalue weighted by Gasteiger charge is 2.46. The lowest BCUT2D eigenvalue weighted by Gasteiger charge is -2.33. The number of amides is 2. The van der Waals surface area contributed by atoms with Crippen molar-refractivity contribution in [2.75, 3.05) is 26.7 Å². The molecular weight excluding hydrogens is 406 g/mol. The molecule has 0 saturated carbocycles. The molecule has 3 heterocycles. The number of carbonyl (C=O) groups is 2. The number of guanidine groups is 1. The van der Waals surface area contributed by atoms with Crippen molar-refractivity contribution < 1.29 is 14.3 Å². The summed E-state index contributed by atoms with van der Waals surface area (Å²) in [6, 6.07) is 9.65. The number of methoxy groups -OCH3 is 1. The number of likely N-dealkylation sites (tertiary alicyclic amines) is 1. The molecule has 2 aromatic rings. The lowest BCUT2D eigenvalue weighted by Crippen LogP contribution is -2.46. The molecule has 32 heavy (non-hydrogen) atoms. The highest BCUT2D eigenvalue weighted by molar-refractivity contribution is 6.07. The Morgan fingerprint density at radius 3 is 2.66 bits per heavy atom. The van der Waals surface area contributed by atoms with Crippen LogP contribution in [0.5, 0.6) is 5.75 Å². The van der Waals surface area contributed by atoms with Crippen LogP contribution in [0.15, 0.2) is 47.7 Å². The van der Waals surface area contributed by atoms with Crippen molar-refractivity contribution in [3.05, 3.63) is 48.3 Å². The fraction of sp³-hybridized carbons (Fsp3) is 0.417. The number of piperidine rings is 1. The third-order valence-electron chi connectivity index (χ3n) is 6.48. The van der Waals surface area contributed by atoms with Crippen molar-refractivity contribution in [3.63, 3.8) is 0 Å². The van der Waals surface area contributed by atoms with Crippen LogP contribution < -0.4 is 10.5 Å². The molecule has 1 aromatic heterocycles. The molecule has 2 aliphatic heterocycles. The number of nitrogens with zero attached hydrogens (tertiary/aromatic N) is 4. The predicted octanol–water partition coefficient (Wildman–Crippen LogP) is 2.39. The maximum Gasteiger partial charge on any atom is 0.261 e. The molecule has 2 aliphatic rings. The molecule has 168 valence electrons. The molecule has 0 spiro atoms. The number of carbonyl (C=O) groups excluding carboxylic acids is 2. The summed E-state index contributed by atoms with van der Waals surface area (Å²) >= 11 is 0. The zero-order valence-corrected chi connectivity index (χ0v) is 18.7. The Morgan fingerprint density at radius 1 is 1.22 bits per heavy atom. The van der Waals surface area contributed by atoms with Gasteiger partial charge >= 0.3 is 0 Å². The quantitative estimate of drug-likeness (QED) is 0.777. The van der Waals surface area contributed by atoms with Crippen LogP contribution >= 0.6 is 0 Å². The molecule has 8 heteroatoms. The largest absolute Gasteiger partial charge is 0.495 e. The maximum absolute atomic E-state index is 13.5. The van der Waals surface area contributed by atoms with Gasteiger partial charge in [-0.2, -0.15) is 0 Å². The van der Waals surface area contributed by atoms with Crippen LogP contribution in [0.3, 0.4) is 0 Å². The molecule has 1 fully saturated rings. The third-order valence-corrected chi connectivity index (χ3v) is 6.48. The van der Waals surface area contributed by atoms with Gasteiger partial charge in [-0.1, -0.05) is 18.2 Å². The summed E-state index contributed by atoms with van der Waals surface area (Å²) in [5, 5.41) is 0. The van der Waals surface area contributed by atoms with Crippen LogP contribution in [0.1, 0.15) is 32.3 Å². The minimum Gasteiger partial charge on any atom is -0.495 e. The number of hydrogen-bond donors (Lipinski definition) is 1. The summed E-state index contributed by atoms with van der Waals surface area (Å²) in [7, 11) is 1.60. The maximum atomic E-state index is 13.5. The second kappa shape index (κ2) is 8.61. The smallest absolute Gasteiger partial charge is 0.261 e. The summed E-state index contributed by atoms with van der Waals surface area (Å²) in [6.07, 6.45) is 5.12. The molecule has 2 N–H and O–H groups in total. The Bertz CT molecular complexity index is 1060. The number of nitrogens with two attached hydrogens (primary N) is 1. The van der Waals surface area contributed by atoms with E-state index in [9.17, 15) is 9.59 Å². The minimum atomic E-state index is -1.08. The molecule has 0 aliphatic carbocycles. The molecule has 0 radical (unpaired) electrons. The predicted molar refractivity (Wildman–Crippen MR) is 122 cm³/mol. The van der Waals surface area contributed by atoms with Crippen molar-refractivity contribution in [2.24, 2.45) is 16.6 Å². The van der Waals surface area contributed by atoms with Gasteiger partial charge in [-0.25, -0.2) is 4.99 Å². The second-order valence-corrected chi connectivity index (χ2v) is 8.60. The Balaban J connectivity index is 1.53. The van der Waals surface area contributed by atoms with Gasteiger partial charge in [0.05, 0.1) is 13.3 Å². The number of aromatic nitrogens is 1. The van der Waals surface area contributed by atoms with E-state index in [1.807, 2.05) is 42.2 Å². The van der Waals surface area contributed by atoms with E-state index in [0.717, 1.165) is 29.5 Å². The summed E-state index contributed by atoms with van der Waals surface area (Å²) in [5.41, 5.74) is 7.74. The average Bonchev–Trinajstić information content (AvgIpc) is 3.03. The Kier molecular flexibility index (Phi) is 5.86. The number of aliphatic imine (C=N–C) groups is 1. The van der Waals surface area contributed by atoms with E-state index in [0.29, 0.717) is 31.3 Å². The van der Waals surface area contributed by atoms with E-state index >= 15 is 0 Å². The SMILES string of the molecule is COc1cncc(-c2cccc(C3(C)N=C(N)N(CC4CCN(C(C)=O)CC4)C3=O)c2)c1. The molecule has 1 atom stereocenters. The fourth-order valence-corrected chi connectivity index (χ4v) is 4.45. The zero-order chi connectivity index (χ0) is 22.9. The summed E-state index contributed by atoms with van der Waals surface area (Å²) < 4.78 is 5.28. The summed E-state index contributed by atoms with van der Waals surface area (Å²) in [5.74, 6) is 1.19. The van der Waals surface area contributed by atoms with Gasteiger partial charge in [-0.3, -0.25) is 19.5 Å². The first-order valence-electron chi connectivity index (χ1n) is 10.8.